The van der Waals surface area contributed by atoms with Crippen LogP contribution in [0.3, 0.4) is 0 Å². The fraction of sp³-hybridized carbons (Fsp3) is 0.182. The quantitative estimate of drug-likeness (QED) is 0.554. The van der Waals surface area contributed by atoms with Crippen LogP contribution in [0.15, 0.2) is 98.4 Å². The van der Waals surface area contributed by atoms with Gasteiger partial charge in [-0.2, -0.15) is 0 Å². The van der Waals surface area contributed by atoms with E-state index >= 15 is 0 Å². The molecule has 0 aliphatic carbocycles. The summed E-state index contributed by atoms with van der Waals surface area (Å²) in [6, 6.07) is 20.4. The third kappa shape index (κ3) is 4.58. The summed E-state index contributed by atoms with van der Waals surface area (Å²) in [5, 5.41) is 3.05. The van der Waals surface area contributed by atoms with E-state index in [-0.39, 0.29) is 19.6 Å². The Bertz CT molecular complexity index is 1170. The SMILES string of the molecule is CNCCCc1ccc(S(=O)(=O)c2ccccc2)c(S(=O)(=O)c2ccccc2)c1. The van der Waals surface area contributed by atoms with Crippen LogP contribution in [0.2, 0.25) is 0 Å². The predicted octanol–water partition coefficient (Wildman–Crippen LogP) is 3.50. The molecule has 152 valence electrons. The summed E-state index contributed by atoms with van der Waals surface area (Å²) in [7, 11) is -6.15. The second-order valence-electron chi connectivity index (χ2n) is 6.62. The number of hydrogen-bond donors (Lipinski definition) is 1. The molecule has 3 aromatic rings. The number of benzene rings is 3. The van der Waals surface area contributed by atoms with E-state index in [1.807, 2.05) is 7.05 Å². The van der Waals surface area contributed by atoms with Crippen molar-refractivity contribution in [3.63, 3.8) is 0 Å². The Morgan fingerprint density at radius 2 is 1.21 bits per heavy atom. The van der Waals surface area contributed by atoms with Crippen molar-refractivity contribution >= 4 is 19.7 Å². The van der Waals surface area contributed by atoms with E-state index in [9.17, 15) is 16.8 Å². The molecule has 0 amide bonds. The monoisotopic (exact) mass is 429 g/mol. The molecular weight excluding hydrogens is 406 g/mol. The van der Waals surface area contributed by atoms with Crippen molar-refractivity contribution in [3.05, 3.63) is 84.4 Å². The van der Waals surface area contributed by atoms with Crippen molar-refractivity contribution in [1.82, 2.24) is 5.32 Å². The Morgan fingerprint density at radius 3 is 1.72 bits per heavy atom. The zero-order valence-electron chi connectivity index (χ0n) is 16.1. The van der Waals surface area contributed by atoms with E-state index in [1.54, 1.807) is 42.5 Å². The van der Waals surface area contributed by atoms with Crippen LogP contribution in [0.5, 0.6) is 0 Å². The van der Waals surface area contributed by atoms with Gasteiger partial charge in [0, 0.05) is 0 Å². The molecule has 0 spiro atoms. The minimum atomic E-state index is -4.01. The van der Waals surface area contributed by atoms with Gasteiger partial charge in [0.1, 0.15) is 0 Å². The number of sulfone groups is 2. The highest BCUT2D eigenvalue weighted by Crippen LogP contribution is 2.32. The molecule has 0 atom stereocenters. The van der Waals surface area contributed by atoms with E-state index in [0.29, 0.717) is 6.42 Å². The first kappa shape index (κ1) is 21.2. The van der Waals surface area contributed by atoms with E-state index in [0.717, 1.165) is 18.5 Å². The first-order valence-electron chi connectivity index (χ1n) is 9.25. The fourth-order valence-corrected chi connectivity index (χ4v) is 6.47. The second-order valence-corrected chi connectivity index (χ2v) is 10.5. The molecule has 0 aliphatic heterocycles. The van der Waals surface area contributed by atoms with Crippen molar-refractivity contribution in [1.29, 1.82) is 0 Å². The average Bonchev–Trinajstić information content (AvgIpc) is 2.75. The molecule has 0 fully saturated rings. The van der Waals surface area contributed by atoms with Crippen LogP contribution in [0.1, 0.15) is 12.0 Å². The number of aryl methyl sites for hydroxylation is 1. The van der Waals surface area contributed by atoms with Gasteiger partial charge in [0.25, 0.3) is 0 Å². The summed E-state index contributed by atoms with van der Waals surface area (Å²) >= 11 is 0. The normalized spacial score (nSPS) is 12.0. The molecule has 7 heteroatoms. The van der Waals surface area contributed by atoms with E-state index in [2.05, 4.69) is 5.32 Å². The second kappa shape index (κ2) is 8.90. The van der Waals surface area contributed by atoms with Gasteiger partial charge in [-0.25, -0.2) is 16.8 Å². The number of nitrogens with one attached hydrogen (secondary N) is 1. The molecule has 0 bridgehead atoms. The van der Waals surface area contributed by atoms with Gasteiger partial charge < -0.3 is 5.32 Å². The maximum Gasteiger partial charge on any atom is 0.207 e. The highest BCUT2D eigenvalue weighted by molar-refractivity contribution is 7.94. The first-order chi connectivity index (χ1) is 13.9. The smallest absolute Gasteiger partial charge is 0.207 e. The summed E-state index contributed by atoms with van der Waals surface area (Å²) < 4.78 is 53.1. The Balaban J connectivity index is 2.19. The predicted molar refractivity (Wildman–Crippen MR) is 112 cm³/mol. The molecule has 0 unspecified atom stereocenters. The van der Waals surface area contributed by atoms with Crippen molar-refractivity contribution < 1.29 is 16.8 Å². The van der Waals surface area contributed by atoms with Crippen molar-refractivity contribution in [3.8, 4) is 0 Å². The first-order valence-corrected chi connectivity index (χ1v) is 12.2. The summed E-state index contributed by atoms with van der Waals surface area (Å²) in [6.07, 6.45) is 1.45. The highest BCUT2D eigenvalue weighted by Gasteiger charge is 2.29. The van der Waals surface area contributed by atoms with Crippen molar-refractivity contribution in [2.24, 2.45) is 0 Å². The highest BCUT2D eigenvalue weighted by atomic mass is 32.2. The largest absolute Gasteiger partial charge is 0.320 e. The Hall–Kier alpha value is -2.48. The van der Waals surface area contributed by atoms with Gasteiger partial charge in [0.05, 0.1) is 19.6 Å². The number of rotatable bonds is 8. The molecule has 0 aliphatic rings. The van der Waals surface area contributed by atoms with Gasteiger partial charge in [-0.1, -0.05) is 42.5 Å². The van der Waals surface area contributed by atoms with E-state index in [4.69, 9.17) is 0 Å². The van der Waals surface area contributed by atoms with Gasteiger partial charge in [-0.3, -0.25) is 0 Å². The topological polar surface area (TPSA) is 80.3 Å². The zero-order valence-corrected chi connectivity index (χ0v) is 17.7. The van der Waals surface area contributed by atoms with Crippen LogP contribution in [0.25, 0.3) is 0 Å². The summed E-state index contributed by atoms with van der Waals surface area (Å²) in [6.45, 7) is 0.783. The molecule has 0 aromatic heterocycles. The molecular formula is C22H23NO4S2. The standard InChI is InChI=1S/C22H23NO4S2/c1-23-16-8-9-18-14-15-21(28(24,25)19-10-4-2-5-11-19)22(17-18)29(26,27)20-12-6-3-7-13-20/h2-7,10-15,17,23H,8-9,16H2,1H3. The maximum absolute atomic E-state index is 13.3. The van der Waals surface area contributed by atoms with Gasteiger partial charge in [-0.05, 0) is 68.4 Å². The maximum atomic E-state index is 13.3. The number of hydrogen-bond acceptors (Lipinski definition) is 5. The van der Waals surface area contributed by atoms with Crippen LogP contribution in [0.4, 0.5) is 0 Å². The van der Waals surface area contributed by atoms with Gasteiger partial charge >= 0.3 is 0 Å². The molecule has 1 N–H and O–H groups in total. The molecule has 0 heterocycles. The lowest BCUT2D eigenvalue weighted by Crippen LogP contribution is -2.12. The van der Waals surface area contributed by atoms with Crippen molar-refractivity contribution in [2.75, 3.05) is 13.6 Å². The van der Waals surface area contributed by atoms with Crippen LogP contribution in [0, 0.1) is 0 Å². The molecule has 0 saturated carbocycles. The molecule has 5 nitrogen and oxygen atoms in total. The Morgan fingerprint density at radius 1 is 0.690 bits per heavy atom. The van der Waals surface area contributed by atoms with Gasteiger partial charge in [0.15, 0.2) is 0 Å². The summed E-state index contributed by atoms with van der Waals surface area (Å²) in [5.41, 5.74) is 0.779. The van der Waals surface area contributed by atoms with Gasteiger partial charge in [0.2, 0.25) is 19.7 Å². The average molecular weight is 430 g/mol. The minimum absolute atomic E-state index is 0.0624. The molecule has 3 aromatic carbocycles. The van der Waals surface area contributed by atoms with E-state index < -0.39 is 19.7 Å². The Kier molecular flexibility index (Phi) is 6.52. The fourth-order valence-electron chi connectivity index (χ4n) is 3.06. The Labute approximate surface area is 172 Å². The zero-order chi connectivity index (χ0) is 20.9. The van der Waals surface area contributed by atoms with Crippen LogP contribution >= 0.6 is 0 Å². The van der Waals surface area contributed by atoms with Gasteiger partial charge in [-0.15, -0.1) is 0 Å². The lowest BCUT2D eigenvalue weighted by atomic mass is 10.1. The van der Waals surface area contributed by atoms with Crippen molar-refractivity contribution in [2.45, 2.75) is 32.4 Å². The molecule has 0 radical (unpaired) electrons. The summed E-state index contributed by atoms with van der Waals surface area (Å²) in [4.78, 5) is -0.260. The third-order valence-electron chi connectivity index (χ3n) is 4.59. The third-order valence-corrected chi connectivity index (χ3v) is 8.35. The van der Waals surface area contributed by atoms with Crippen LogP contribution < -0.4 is 5.32 Å². The van der Waals surface area contributed by atoms with E-state index in [1.165, 1.54) is 36.4 Å². The minimum Gasteiger partial charge on any atom is -0.320 e. The van der Waals surface area contributed by atoms with Crippen LogP contribution in [-0.2, 0) is 26.1 Å². The lowest BCUT2D eigenvalue weighted by Gasteiger charge is -2.14. The van der Waals surface area contributed by atoms with Crippen LogP contribution in [-0.4, -0.2) is 30.4 Å². The molecule has 29 heavy (non-hydrogen) atoms. The summed E-state index contributed by atoms with van der Waals surface area (Å²) in [5.74, 6) is 0. The molecule has 3 rings (SSSR count). The lowest BCUT2D eigenvalue weighted by molar-refractivity contribution is 0.582. The molecule has 0 saturated heterocycles.